The highest BCUT2D eigenvalue weighted by Gasteiger charge is 2.32. The van der Waals surface area contributed by atoms with Crippen LogP contribution in [-0.4, -0.2) is 26.9 Å². The van der Waals surface area contributed by atoms with Crippen LogP contribution in [0.2, 0.25) is 0 Å². The zero-order valence-corrected chi connectivity index (χ0v) is 13.0. The number of rotatable bonds is 5. The molecule has 0 aliphatic carbocycles. The Labute approximate surface area is 133 Å². The summed E-state index contributed by atoms with van der Waals surface area (Å²) in [6.07, 6.45) is 0.328. The Hall–Kier alpha value is -1.98. The minimum atomic E-state index is -1.31. The number of aliphatic carboxylic acids is 1. The van der Waals surface area contributed by atoms with Crippen molar-refractivity contribution in [2.75, 3.05) is 5.75 Å². The summed E-state index contributed by atoms with van der Waals surface area (Å²) in [5, 5.41) is 11.6. The summed E-state index contributed by atoms with van der Waals surface area (Å²) in [5.41, 5.74) is 6.83. The molecule has 114 valence electrons. The van der Waals surface area contributed by atoms with Crippen molar-refractivity contribution >= 4 is 40.4 Å². The molecule has 0 amide bonds. The van der Waals surface area contributed by atoms with E-state index < -0.39 is 11.5 Å². The molecule has 0 radical (unpaired) electrons. The molecular weight excluding hydrogens is 296 g/mol. The lowest BCUT2D eigenvalue weighted by Gasteiger charge is -2.23. The van der Waals surface area contributed by atoms with Gasteiger partial charge in [-0.25, -0.2) is 0 Å². The highest BCUT2D eigenvalue weighted by Crippen LogP contribution is 2.29. The van der Waals surface area contributed by atoms with Gasteiger partial charge >= 0.3 is 5.97 Å². The molecule has 1 heterocycles. The van der Waals surface area contributed by atoms with Crippen molar-refractivity contribution in [2.24, 2.45) is 5.73 Å². The third-order valence-corrected chi connectivity index (χ3v) is 4.73. The number of para-hydroxylation sites is 2. The van der Waals surface area contributed by atoms with Gasteiger partial charge in [0.1, 0.15) is 5.54 Å². The molecule has 4 nitrogen and oxygen atoms in total. The standard InChI is InChI=1S/C17H18N2O2S/c18-17(11-22,16(20)21)9-10-19-14-7-3-1-5-12(14)13-6-2-4-8-15(13)19/h1-8,22H,9-11,18H2,(H,20,21)/t17-/m0/s1. The topological polar surface area (TPSA) is 68.2 Å². The average Bonchev–Trinajstić information content (AvgIpc) is 2.86. The van der Waals surface area contributed by atoms with Crippen molar-refractivity contribution < 1.29 is 9.90 Å². The summed E-state index contributed by atoms with van der Waals surface area (Å²) in [7, 11) is 0. The Bertz CT molecular complexity index is 790. The second-order valence-corrected chi connectivity index (χ2v) is 5.87. The van der Waals surface area contributed by atoms with E-state index in [-0.39, 0.29) is 5.75 Å². The molecule has 1 aromatic heterocycles. The van der Waals surface area contributed by atoms with Gasteiger partial charge in [0.05, 0.1) is 0 Å². The average molecular weight is 314 g/mol. The molecule has 0 bridgehead atoms. The number of carboxylic acid groups (broad SMARTS) is 1. The first-order valence-electron chi connectivity index (χ1n) is 7.16. The summed E-state index contributed by atoms with van der Waals surface area (Å²) in [6.45, 7) is 0.539. The molecule has 3 N–H and O–H groups in total. The molecule has 0 aliphatic rings. The van der Waals surface area contributed by atoms with Gasteiger partial charge in [-0.15, -0.1) is 0 Å². The Kier molecular flexibility index (Phi) is 3.85. The maximum absolute atomic E-state index is 11.4. The molecule has 0 fully saturated rings. The lowest BCUT2D eigenvalue weighted by molar-refractivity contribution is -0.142. The number of aryl methyl sites for hydroxylation is 1. The summed E-state index contributed by atoms with van der Waals surface area (Å²) in [5.74, 6) is -0.900. The molecule has 22 heavy (non-hydrogen) atoms. The highest BCUT2D eigenvalue weighted by atomic mass is 32.1. The maximum Gasteiger partial charge on any atom is 0.324 e. The number of aromatic nitrogens is 1. The van der Waals surface area contributed by atoms with Gasteiger partial charge in [0.15, 0.2) is 0 Å². The number of nitrogens with zero attached hydrogens (tertiary/aromatic N) is 1. The predicted octanol–water partition coefficient (Wildman–Crippen LogP) is 2.90. The molecule has 3 rings (SSSR count). The minimum absolute atomic E-state index is 0.111. The molecule has 0 saturated carbocycles. The first-order valence-corrected chi connectivity index (χ1v) is 7.79. The fraction of sp³-hybridized carbons (Fsp3) is 0.235. The smallest absolute Gasteiger partial charge is 0.324 e. The SMILES string of the molecule is N[C@](CS)(CCn1c2ccccc2c2ccccc21)C(=O)O. The molecule has 0 unspecified atom stereocenters. The fourth-order valence-corrected chi connectivity index (χ4v) is 3.10. The first-order chi connectivity index (χ1) is 10.6. The Morgan fingerprint density at radius 3 is 2.05 bits per heavy atom. The van der Waals surface area contributed by atoms with E-state index in [1.54, 1.807) is 0 Å². The third-order valence-electron chi connectivity index (χ3n) is 4.17. The van der Waals surface area contributed by atoms with Crippen LogP contribution in [0.5, 0.6) is 0 Å². The van der Waals surface area contributed by atoms with Crippen LogP contribution in [-0.2, 0) is 11.3 Å². The predicted molar refractivity (Wildman–Crippen MR) is 92.5 cm³/mol. The number of carbonyl (C=O) groups is 1. The van der Waals surface area contributed by atoms with E-state index in [0.29, 0.717) is 13.0 Å². The number of carboxylic acids is 1. The molecule has 1 atom stereocenters. The largest absolute Gasteiger partial charge is 0.480 e. The lowest BCUT2D eigenvalue weighted by atomic mass is 9.99. The van der Waals surface area contributed by atoms with E-state index >= 15 is 0 Å². The van der Waals surface area contributed by atoms with Crippen LogP contribution in [0.25, 0.3) is 21.8 Å². The first kappa shape index (κ1) is 14.9. The number of benzene rings is 2. The maximum atomic E-state index is 11.4. The van der Waals surface area contributed by atoms with Crippen molar-refractivity contribution in [3.8, 4) is 0 Å². The van der Waals surface area contributed by atoms with Crippen molar-refractivity contribution in [3.63, 3.8) is 0 Å². The van der Waals surface area contributed by atoms with Gasteiger partial charge in [-0.3, -0.25) is 4.79 Å². The zero-order valence-electron chi connectivity index (χ0n) is 12.1. The van der Waals surface area contributed by atoms with Crippen molar-refractivity contribution in [3.05, 3.63) is 48.5 Å². The molecule has 0 spiro atoms. The zero-order chi connectivity index (χ0) is 15.7. The van der Waals surface area contributed by atoms with Gasteiger partial charge in [0.25, 0.3) is 0 Å². The van der Waals surface area contributed by atoms with Crippen molar-refractivity contribution in [1.82, 2.24) is 4.57 Å². The molecule has 5 heteroatoms. The second-order valence-electron chi connectivity index (χ2n) is 5.56. The van der Waals surface area contributed by atoms with Gasteiger partial charge in [0, 0.05) is 34.1 Å². The summed E-state index contributed by atoms with van der Waals surface area (Å²) in [4.78, 5) is 11.4. The van der Waals surface area contributed by atoms with Crippen LogP contribution in [0.4, 0.5) is 0 Å². The van der Waals surface area contributed by atoms with Crippen LogP contribution in [0, 0.1) is 0 Å². The fourth-order valence-electron chi connectivity index (χ4n) is 2.81. The van der Waals surface area contributed by atoms with E-state index in [1.165, 1.54) is 10.8 Å². The number of hydrogen-bond donors (Lipinski definition) is 3. The van der Waals surface area contributed by atoms with Crippen LogP contribution < -0.4 is 5.73 Å². The van der Waals surface area contributed by atoms with Crippen LogP contribution in [0.3, 0.4) is 0 Å². The second kappa shape index (κ2) is 5.66. The normalized spacial score (nSPS) is 14.3. The van der Waals surface area contributed by atoms with Gasteiger partial charge in [0.2, 0.25) is 0 Å². The minimum Gasteiger partial charge on any atom is -0.480 e. The van der Waals surface area contributed by atoms with Crippen molar-refractivity contribution in [1.29, 1.82) is 0 Å². The summed E-state index contributed by atoms with van der Waals surface area (Å²) >= 11 is 4.10. The van der Waals surface area contributed by atoms with E-state index in [1.807, 2.05) is 24.3 Å². The number of fused-ring (bicyclic) bond motifs is 3. The van der Waals surface area contributed by atoms with E-state index in [0.717, 1.165) is 11.0 Å². The third kappa shape index (κ3) is 2.36. The van der Waals surface area contributed by atoms with Crippen LogP contribution >= 0.6 is 12.6 Å². The number of thiol groups is 1. The van der Waals surface area contributed by atoms with Gasteiger partial charge in [-0.2, -0.15) is 12.6 Å². The number of hydrogen-bond acceptors (Lipinski definition) is 3. The monoisotopic (exact) mass is 314 g/mol. The number of nitrogens with two attached hydrogens (primary N) is 1. The molecule has 0 aliphatic heterocycles. The van der Waals surface area contributed by atoms with Gasteiger partial charge in [-0.05, 0) is 18.6 Å². The molecule has 0 saturated heterocycles. The Morgan fingerprint density at radius 2 is 1.59 bits per heavy atom. The van der Waals surface area contributed by atoms with Crippen LogP contribution in [0.15, 0.2) is 48.5 Å². The Morgan fingerprint density at radius 1 is 1.09 bits per heavy atom. The van der Waals surface area contributed by atoms with E-state index in [9.17, 15) is 9.90 Å². The molecular formula is C17H18N2O2S. The van der Waals surface area contributed by atoms with Crippen molar-refractivity contribution in [2.45, 2.75) is 18.5 Å². The van der Waals surface area contributed by atoms with E-state index in [2.05, 4.69) is 41.5 Å². The van der Waals surface area contributed by atoms with Gasteiger partial charge < -0.3 is 15.4 Å². The molecule has 2 aromatic carbocycles. The molecule has 3 aromatic rings. The van der Waals surface area contributed by atoms with Crippen LogP contribution in [0.1, 0.15) is 6.42 Å². The summed E-state index contributed by atoms with van der Waals surface area (Å²) < 4.78 is 2.14. The van der Waals surface area contributed by atoms with E-state index in [4.69, 9.17) is 5.73 Å². The summed E-state index contributed by atoms with van der Waals surface area (Å²) in [6, 6.07) is 16.3. The Balaban J connectivity index is 2.08. The highest BCUT2D eigenvalue weighted by molar-refractivity contribution is 7.80. The lowest BCUT2D eigenvalue weighted by Crippen LogP contribution is -2.50. The van der Waals surface area contributed by atoms with Gasteiger partial charge in [-0.1, -0.05) is 36.4 Å². The quantitative estimate of drug-likeness (QED) is 0.634.